The lowest BCUT2D eigenvalue weighted by atomic mass is 10.1. The van der Waals surface area contributed by atoms with Crippen LogP contribution in [0.2, 0.25) is 0 Å². The van der Waals surface area contributed by atoms with Gasteiger partial charge in [-0.1, -0.05) is 54.2 Å². The Hall–Kier alpha value is -2.60. The van der Waals surface area contributed by atoms with E-state index in [2.05, 4.69) is 0 Å². The van der Waals surface area contributed by atoms with Crippen LogP contribution >= 0.6 is 11.8 Å². The summed E-state index contributed by atoms with van der Waals surface area (Å²) in [5.74, 6) is 0.121. The van der Waals surface area contributed by atoms with Crippen LogP contribution in [-0.4, -0.2) is 33.4 Å². The van der Waals surface area contributed by atoms with E-state index in [1.54, 1.807) is 0 Å². The third-order valence-corrected chi connectivity index (χ3v) is 7.11. The van der Waals surface area contributed by atoms with Gasteiger partial charge in [0.15, 0.2) is 5.16 Å². The highest BCUT2D eigenvalue weighted by Crippen LogP contribution is 2.41. The molecule has 2 aliphatic rings. The first kappa shape index (κ1) is 19.4. The highest BCUT2D eigenvalue weighted by atomic mass is 32.2. The fourth-order valence-electron chi connectivity index (χ4n) is 4.14. The summed E-state index contributed by atoms with van der Waals surface area (Å²) in [5.41, 5.74) is 1.66. The highest BCUT2D eigenvalue weighted by molar-refractivity contribution is 8.00. The van der Waals surface area contributed by atoms with Crippen LogP contribution in [0.15, 0.2) is 64.5 Å². The molecule has 1 atom stereocenters. The number of carbonyl (C=O) groups excluding carboxylic acids is 1. The summed E-state index contributed by atoms with van der Waals surface area (Å²) in [6.45, 7) is 1.62. The molecule has 1 saturated heterocycles. The first-order valence-electron chi connectivity index (χ1n) is 10.7. The quantitative estimate of drug-likeness (QED) is 0.449. The van der Waals surface area contributed by atoms with Gasteiger partial charge >= 0.3 is 0 Å². The van der Waals surface area contributed by atoms with Crippen molar-refractivity contribution < 1.29 is 4.79 Å². The lowest BCUT2D eigenvalue weighted by molar-refractivity contribution is -0.131. The second-order valence-corrected chi connectivity index (χ2v) is 9.18. The van der Waals surface area contributed by atoms with E-state index in [4.69, 9.17) is 4.98 Å². The summed E-state index contributed by atoms with van der Waals surface area (Å²) in [6.07, 6.45) is 5.27. The molecule has 1 aliphatic carbocycles. The van der Waals surface area contributed by atoms with Crippen LogP contribution in [0.25, 0.3) is 10.9 Å². The lowest BCUT2D eigenvalue weighted by Gasteiger charge is -2.30. The van der Waals surface area contributed by atoms with Gasteiger partial charge in [-0.15, -0.1) is 0 Å². The Labute approximate surface area is 180 Å². The van der Waals surface area contributed by atoms with Crippen LogP contribution in [0.3, 0.4) is 0 Å². The molecule has 6 heteroatoms. The van der Waals surface area contributed by atoms with Crippen molar-refractivity contribution in [3.8, 4) is 0 Å². The molecule has 0 N–H and O–H groups in total. The van der Waals surface area contributed by atoms with Gasteiger partial charge < -0.3 is 4.90 Å². The zero-order valence-corrected chi connectivity index (χ0v) is 17.7. The number of piperidine rings is 1. The average molecular weight is 420 g/mol. The van der Waals surface area contributed by atoms with E-state index in [9.17, 15) is 9.59 Å². The topological polar surface area (TPSA) is 55.2 Å². The molecule has 3 aromatic rings. The summed E-state index contributed by atoms with van der Waals surface area (Å²) < 4.78 is 1.83. The minimum atomic E-state index is -0.401. The van der Waals surface area contributed by atoms with E-state index < -0.39 is 5.25 Å². The minimum Gasteiger partial charge on any atom is -0.341 e. The van der Waals surface area contributed by atoms with Crippen molar-refractivity contribution in [2.45, 2.75) is 48.6 Å². The van der Waals surface area contributed by atoms with E-state index in [-0.39, 0.29) is 17.5 Å². The maximum Gasteiger partial charge on any atom is 0.262 e. The molecule has 2 aromatic carbocycles. The molecule has 30 heavy (non-hydrogen) atoms. The maximum absolute atomic E-state index is 13.5. The van der Waals surface area contributed by atoms with Gasteiger partial charge in [0.25, 0.3) is 5.56 Å². The van der Waals surface area contributed by atoms with E-state index in [1.807, 2.05) is 64.1 Å². The molecule has 1 aliphatic heterocycles. The van der Waals surface area contributed by atoms with Gasteiger partial charge in [-0.3, -0.25) is 14.2 Å². The van der Waals surface area contributed by atoms with Crippen molar-refractivity contribution in [2.24, 2.45) is 0 Å². The van der Waals surface area contributed by atoms with E-state index >= 15 is 0 Å². The Morgan fingerprint density at radius 1 is 0.967 bits per heavy atom. The molecule has 0 spiro atoms. The Bertz CT molecular complexity index is 1120. The van der Waals surface area contributed by atoms with Gasteiger partial charge in [-0.25, -0.2) is 4.98 Å². The molecule has 0 radical (unpaired) electrons. The van der Waals surface area contributed by atoms with Crippen LogP contribution in [0.4, 0.5) is 0 Å². The number of hydrogen-bond acceptors (Lipinski definition) is 4. The van der Waals surface area contributed by atoms with Crippen molar-refractivity contribution >= 4 is 28.6 Å². The smallest absolute Gasteiger partial charge is 0.262 e. The molecule has 5 nitrogen and oxygen atoms in total. The van der Waals surface area contributed by atoms with Crippen LogP contribution in [0.5, 0.6) is 0 Å². The third kappa shape index (κ3) is 3.76. The van der Waals surface area contributed by atoms with Crippen molar-refractivity contribution in [3.63, 3.8) is 0 Å². The summed E-state index contributed by atoms with van der Waals surface area (Å²) in [5, 5.41) is 0.898. The molecular weight excluding hydrogens is 394 g/mol. The Morgan fingerprint density at radius 2 is 1.67 bits per heavy atom. The number of benzene rings is 2. The first-order chi connectivity index (χ1) is 14.7. The molecule has 2 heterocycles. The average Bonchev–Trinajstić information content (AvgIpc) is 3.63. The largest absolute Gasteiger partial charge is 0.341 e. The number of carbonyl (C=O) groups is 1. The fourth-order valence-corrected chi connectivity index (χ4v) is 5.39. The fraction of sp³-hybridized carbons (Fsp3) is 0.375. The lowest BCUT2D eigenvalue weighted by Crippen LogP contribution is -2.38. The number of rotatable bonds is 5. The number of hydrogen-bond donors (Lipinski definition) is 0. The van der Waals surface area contributed by atoms with Gasteiger partial charge in [-0.2, -0.15) is 0 Å². The van der Waals surface area contributed by atoms with E-state index in [1.165, 1.54) is 18.2 Å². The SMILES string of the molecule is O=C([C@@H](Sc1nc2ccccc2c(=O)n1C1CC1)c1ccccc1)N1CCCCC1. The highest BCUT2D eigenvalue weighted by Gasteiger charge is 2.33. The molecule has 0 unspecified atom stereocenters. The van der Waals surface area contributed by atoms with Crippen LogP contribution < -0.4 is 5.56 Å². The van der Waals surface area contributed by atoms with Crippen molar-refractivity contribution in [2.75, 3.05) is 13.1 Å². The molecule has 1 aromatic heterocycles. The second kappa shape index (κ2) is 8.26. The third-order valence-electron chi connectivity index (χ3n) is 5.91. The molecule has 0 bridgehead atoms. The van der Waals surface area contributed by atoms with Gasteiger partial charge in [0.2, 0.25) is 5.91 Å². The van der Waals surface area contributed by atoms with Gasteiger partial charge in [0.1, 0.15) is 5.25 Å². The molecular formula is C24H25N3O2S. The number of aromatic nitrogens is 2. The monoisotopic (exact) mass is 419 g/mol. The number of amides is 1. The Balaban J connectivity index is 1.58. The van der Waals surface area contributed by atoms with E-state index in [0.717, 1.165) is 44.3 Å². The van der Waals surface area contributed by atoms with E-state index in [0.29, 0.717) is 16.1 Å². The summed E-state index contributed by atoms with van der Waals surface area (Å²) in [7, 11) is 0. The van der Waals surface area contributed by atoms with Crippen LogP contribution in [0, 0.1) is 0 Å². The van der Waals surface area contributed by atoms with Crippen LogP contribution in [-0.2, 0) is 4.79 Å². The number of para-hydroxylation sites is 1. The van der Waals surface area contributed by atoms with Crippen molar-refractivity contribution in [1.29, 1.82) is 0 Å². The normalized spacial score (nSPS) is 17.8. The van der Waals surface area contributed by atoms with Gasteiger partial charge in [0, 0.05) is 19.1 Å². The standard InChI is InChI=1S/C24H25N3O2S/c28-22-19-11-5-6-12-20(19)25-24(27(22)18-13-14-18)30-21(17-9-3-1-4-10-17)23(29)26-15-7-2-8-16-26/h1,3-6,9-12,18,21H,2,7-8,13-16H2/t21-/m0/s1. The van der Waals surface area contributed by atoms with Gasteiger partial charge in [-0.05, 0) is 49.8 Å². The summed E-state index contributed by atoms with van der Waals surface area (Å²) in [4.78, 5) is 33.6. The predicted octanol–water partition coefficient (Wildman–Crippen LogP) is 4.58. The van der Waals surface area contributed by atoms with Gasteiger partial charge in [0.05, 0.1) is 10.9 Å². The Kier molecular flexibility index (Phi) is 5.34. The summed E-state index contributed by atoms with van der Waals surface area (Å²) >= 11 is 1.43. The molecule has 2 fully saturated rings. The molecule has 154 valence electrons. The zero-order valence-electron chi connectivity index (χ0n) is 16.9. The maximum atomic E-state index is 13.5. The minimum absolute atomic E-state index is 0.00262. The molecule has 1 saturated carbocycles. The number of fused-ring (bicyclic) bond motifs is 1. The number of thioether (sulfide) groups is 1. The zero-order chi connectivity index (χ0) is 20.5. The first-order valence-corrected chi connectivity index (χ1v) is 11.6. The predicted molar refractivity (Wildman–Crippen MR) is 120 cm³/mol. The summed E-state index contributed by atoms with van der Waals surface area (Å²) in [6, 6.07) is 17.6. The number of nitrogens with zero attached hydrogens (tertiary/aromatic N) is 3. The molecule has 1 amide bonds. The Morgan fingerprint density at radius 3 is 2.40 bits per heavy atom. The second-order valence-electron chi connectivity index (χ2n) is 8.11. The van der Waals surface area contributed by atoms with Crippen LogP contribution in [0.1, 0.15) is 49.0 Å². The number of likely N-dealkylation sites (tertiary alicyclic amines) is 1. The van der Waals surface area contributed by atoms with Crippen molar-refractivity contribution in [3.05, 3.63) is 70.5 Å². The molecule has 5 rings (SSSR count). The van der Waals surface area contributed by atoms with Crippen molar-refractivity contribution in [1.82, 2.24) is 14.5 Å².